The van der Waals surface area contributed by atoms with E-state index in [9.17, 15) is 19.6 Å². The molecule has 162 valence electrons. The Balaban J connectivity index is 1.61. The minimum Gasteiger partial charge on any atom is -0.348 e. The van der Waals surface area contributed by atoms with Crippen LogP contribution in [-0.2, 0) is 17.9 Å². The maximum atomic E-state index is 12.4. The van der Waals surface area contributed by atoms with Crippen LogP contribution >= 0.6 is 0 Å². The molecule has 0 unspecified atom stereocenters. The number of nitrogens with zero attached hydrogens (tertiary/aromatic N) is 2. The van der Waals surface area contributed by atoms with Crippen LogP contribution in [0.4, 0.5) is 5.69 Å². The summed E-state index contributed by atoms with van der Waals surface area (Å²) in [6.07, 6.45) is 0. The van der Waals surface area contributed by atoms with Gasteiger partial charge in [-0.2, -0.15) is 5.26 Å². The van der Waals surface area contributed by atoms with Crippen molar-refractivity contribution in [1.82, 2.24) is 9.88 Å². The van der Waals surface area contributed by atoms with Crippen LogP contribution in [0.25, 0.3) is 0 Å². The second-order valence-electron chi connectivity index (χ2n) is 7.64. The average Bonchev–Trinajstić information content (AvgIpc) is 2.77. The highest BCUT2D eigenvalue weighted by Gasteiger charge is 2.13. The molecule has 0 aliphatic rings. The quantitative estimate of drug-likeness (QED) is 0.629. The third-order valence-corrected chi connectivity index (χ3v) is 5.12. The second kappa shape index (κ2) is 9.75. The van der Waals surface area contributed by atoms with Gasteiger partial charge in [-0.25, -0.2) is 0 Å². The van der Waals surface area contributed by atoms with Gasteiger partial charge < -0.3 is 15.2 Å². The maximum Gasteiger partial charge on any atom is 0.269 e. The fraction of sp³-hybridized carbons (Fsp3) is 0.200. The average molecular weight is 428 g/mol. The summed E-state index contributed by atoms with van der Waals surface area (Å²) < 4.78 is 1.27. The second-order valence-corrected chi connectivity index (χ2v) is 7.64. The molecular weight excluding hydrogens is 404 g/mol. The number of hydrogen-bond acceptors (Lipinski definition) is 4. The predicted octanol–water partition coefficient (Wildman–Crippen LogP) is 3.21. The van der Waals surface area contributed by atoms with E-state index in [0.717, 1.165) is 11.1 Å². The monoisotopic (exact) mass is 428 g/mol. The Hall–Kier alpha value is -4.18. The molecule has 0 fully saturated rings. The van der Waals surface area contributed by atoms with E-state index in [-0.39, 0.29) is 18.0 Å². The first-order chi connectivity index (χ1) is 15.3. The van der Waals surface area contributed by atoms with Crippen molar-refractivity contribution < 1.29 is 9.59 Å². The normalized spacial score (nSPS) is 10.3. The van der Waals surface area contributed by atoms with Crippen molar-refractivity contribution in [2.24, 2.45) is 0 Å². The smallest absolute Gasteiger partial charge is 0.269 e. The summed E-state index contributed by atoms with van der Waals surface area (Å²) in [6, 6.07) is 18.0. The molecule has 2 amide bonds. The van der Waals surface area contributed by atoms with Crippen LogP contribution in [0.1, 0.15) is 38.3 Å². The largest absolute Gasteiger partial charge is 0.348 e. The lowest BCUT2D eigenvalue weighted by Gasteiger charge is -2.12. The third kappa shape index (κ3) is 5.29. The first kappa shape index (κ1) is 22.5. The zero-order chi connectivity index (χ0) is 23.3. The lowest BCUT2D eigenvalue weighted by Crippen LogP contribution is -2.31. The Morgan fingerprint density at radius 3 is 2.28 bits per heavy atom. The minimum absolute atomic E-state index is 0.0319. The summed E-state index contributed by atoms with van der Waals surface area (Å²) in [7, 11) is 0. The number of nitrogens with one attached hydrogen (secondary N) is 2. The molecule has 0 radical (unpaired) electrons. The molecule has 0 aliphatic carbocycles. The minimum atomic E-state index is -0.485. The molecule has 3 aromatic rings. The molecule has 3 rings (SSSR count). The van der Waals surface area contributed by atoms with E-state index in [4.69, 9.17) is 0 Å². The first-order valence-corrected chi connectivity index (χ1v) is 10.1. The molecule has 1 heterocycles. The number of pyridine rings is 1. The lowest BCUT2D eigenvalue weighted by atomic mass is 10.1. The number of rotatable bonds is 6. The topological polar surface area (TPSA) is 104 Å². The van der Waals surface area contributed by atoms with E-state index < -0.39 is 11.5 Å². The van der Waals surface area contributed by atoms with Gasteiger partial charge in [-0.15, -0.1) is 0 Å². The molecular formula is C25H24N4O3. The summed E-state index contributed by atoms with van der Waals surface area (Å²) in [5.41, 5.74) is 3.87. The molecule has 0 saturated carbocycles. The van der Waals surface area contributed by atoms with Crippen molar-refractivity contribution in [1.29, 1.82) is 5.26 Å². The highest BCUT2D eigenvalue weighted by Crippen LogP contribution is 2.11. The van der Waals surface area contributed by atoms with Crippen LogP contribution in [0, 0.1) is 32.1 Å². The van der Waals surface area contributed by atoms with Gasteiger partial charge >= 0.3 is 0 Å². The summed E-state index contributed by atoms with van der Waals surface area (Å²) >= 11 is 0. The van der Waals surface area contributed by atoms with Crippen molar-refractivity contribution >= 4 is 17.5 Å². The molecule has 1 aromatic heterocycles. The SMILES string of the molecule is Cc1ccc(CNC(=O)c2ccc(NC(=O)Cn3c(C)cc(C)c(C#N)c3=O)cc2)cc1. The van der Waals surface area contributed by atoms with Gasteiger partial charge in [0.1, 0.15) is 18.2 Å². The summed E-state index contributed by atoms with van der Waals surface area (Å²) in [6.45, 7) is 5.63. The van der Waals surface area contributed by atoms with Crippen LogP contribution in [0.5, 0.6) is 0 Å². The molecule has 7 nitrogen and oxygen atoms in total. The highest BCUT2D eigenvalue weighted by atomic mass is 16.2. The van der Waals surface area contributed by atoms with E-state index in [1.165, 1.54) is 4.57 Å². The van der Waals surface area contributed by atoms with Gasteiger partial charge in [-0.3, -0.25) is 14.4 Å². The van der Waals surface area contributed by atoms with Crippen LogP contribution in [0.2, 0.25) is 0 Å². The Morgan fingerprint density at radius 2 is 1.66 bits per heavy atom. The lowest BCUT2D eigenvalue weighted by molar-refractivity contribution is -0.116. The van der Waals surface area contributed by atoms with Crippen LogP contribution < -0.4 is 16.2 Å². The van der Waals surface area contributed by atoms with Gasteiger partial charge in [0.05, 0.1) is 0 Å². The Bertz CT molecular complexity index is 1250. The van der Waals surface area contributed by atoms with Crippen LogP contribution in [-0.4, -0.2) is 16.4 Å². The number of benzene rings is 2. The molecule has 32 heavy (non-hydrogen) atoms. The molecule has 2 aromatic carbocycles. The van der Waals surface area contributed by atoms with E-state index in [2.05, 4.69) is 10.6 Å². The molecule has 0 bridgehead atoms. The third-order valence-electron chi connectivity index (χ3n) is 5.12. The zero-order valence-electron chi connectivity index (χ0n) is 18.2. The molecule has 0 aliphatic heterocycles. The number of carbonyl (C=O) groups excluding carboxylic acids is 2. The molecule has 0 atom stereocenters. The Kier molecular flexibility index (Phi) is 6.86. The van der Waals surface area contributed by atoms with Gasteiger partial charge in [0.15, 0.2) is 0 Å². The van der Waals surface area contributed by atoms with E-state index in [0.29, 0.717) is 29.1 Å². The zero-order valence-corrected chi connectivity index (χ0v) is 18.2. The number of aryl methyl sites for hydroxylation is 3. The molecule has 7 heteroatoms. The van der Waals surface area contributed by atoms with Crippen molar-refractivity contribution in [3.8, 4) is 6.07 Å². The number of amides is 2. The number of anilines is 1. The van der Waals surface area contributed by atoms with Gasteiger partial charge in [0, 0.05) is 23.5 Å². The van der Waals surface area contributed by atoms with Crippen LogP contribution in [0.15, 0.2) is 59.4 Å². The van der Waals surface area contributed by atoms with Gasteiger partial charge in [0.2, 0.25) is 5.91 Å². The fourth-order valence-corrected chi connectivity index (χ4v) is 3.30. The number of carbonyl (C=O) groups is 2. The van der Waals surface area contributed by atoms with E-state index >= 15 is 0 Å². The molecule has 0 spiro atoms. The summed E-state index contributed by atoms with van der Waals surface area (Å²) in [5.74, 6) is -0.617. The highest BCUT2D eigenvalue weighted by molar-refractivity contribution is 5.95. The van der Waals surface area contributed by atoms with Crippen molar-refractivity contribution in [3.63, 3.8) is 0 Å². The van der Waals surface area contributed by atoms with Gasteiger partial charge in [0.25, 0.3) is 11.5 Å². The van der Waals surface area contributed by atoms with Crippen molar-refractivity contribution in [3.05, 3.63) is 98.5 Å². The predicted molar refractivity (Wildman–Crippen MR) is 122 cm³/mol. The first-order valence-electron chi connectivity index (χ1n) is 10.1. The van der Waals surface area contributed by atoms with E-state index in [1.807, 2.05) is 37.3 Å². The Morgan fingerprint density at radius 1 is 1.00 bits per heavy atom. The molecule has 2 N–H and O–H groups in total. The standard InChI is InChI=1S/C25H24N4O3/c1-16-4-6-19(7-5-16)14-27-24(31)20-8-10-21(11-9-20)28-23(30)15-29-18(3)12-17(2)22(13-26)25(29)32/h4-12H,14-15H2,1-3H3,(H,27,31)(H,28,30). The fourth-order valence-electron chi connectivity index (χ4n) is 3.30. The number of aromatic nitrogens is 1. The van der Waals surface area contributed by atoms with E-state index in [1.54, 1.807) is 44.2 Å². The number of nitriles is 1. The maximum absolute atomic E-state index is 12.4. The van der Waals surface area contributed by atoms with Crippen molar-refractivity contribution in [2.75, 3.05) is 5.32 Å². The summed E-state index contributed by atoms with van der Waals surface area (Å²) in [4.78, 5) is 37.2. The number of hydrogen-bond donors (Lipinski definition) is 2. The summed E-state index contributed by atoms with van der Waals surface area (Å²) in [5, 5.41) is 14.7. The van der Waals surface area contributed by atoms with Gasteiger partial charge in [-0.1, -0.05) is 29.8 Å². The van der Waals surface area contributed by atoms with Gasteiger partial charge in [-0.05, 0) is 62.2 Å². The Labute approximate surface area is 186 Å². The van der Waals surface area contributed by atoms with Crippen LogP contribution in [0.3, 0.4) is 0 Å². The van der Waals surface area contributed by atoms with Crippen molar-refractivity contribution in [2.45, 2.75) is 33.9 Å². The molecule has 0 saturated heterocycles.